The molecular formula is C17H21NO2. The van der Waals surface area contributed by atoms with Gasteiger partial charge in [-0.1, -0.05) is 31.2 Å². The summed E-state index contributed by atoms with van der Waals surface area (Å²) in [5.41, 5.74) is 2.71. The highest BCUT2D eigenvalue weighted by atomic mass is 16.2. The molecule has 1 amide bonds. The zero-order valence-corrected chi connectivity index (χ0v) is 12.0. The van der Waals surface area contributed by atoms with Crippen LogP contribution in [-0.4, -0.2) is 29.7 Å². The number of rotatable bonds is 1. The topological polar surface area (TPSA) is 37.4 Å². The number of carbonyl (C=O) groups is 2. The van der Waals surface area contributed by atoms with Gasteiger partial charge in [0.25, 0.3) is 0 Å². The Morgan fingerprint density at radius 3 is 2.70 bits per heavy atom. The number of carbonyl (C=O) groups excluding carboxylic acids is 2. The SMILES string of the molecule is CC1CN(C(=O)C2CCc3ccccc3C2)CCC1=O. The van der Waals surface area contributed by atoms with Gasteiger partial charge >= 0.3 is 0 Å². The molecule has 0 spiro atoms. The van der Waals surface area contributed by atoms with Crippen LogP contribution in [0.5, 0.6) is 0 Å². The van der Waals surface area contributed by atoms with Crippen LogP contribution in [0.2, 0.25) is 0 Å². The fraction of sp³-hybridized carbons (Fsp3) is 0.529. The first kappa shape index (κ1) is 13.3. The average Bonchev–Trinajstić information content (AvgIpc) is 2.49. The smallest absolute Gasteiger partial charge is 0.226 e. The van der Waals surface area contributed by atoms with Crippen LogP contribution in [0.15, 0.2) is 24.3 Å². The molecule has 1 aliphatic heterocycles. The van der Waals surface area contributed by atoms with Crippen LogP contribution in [0, 0.1) is 11.8 Å². The third-order valence-electron chi connectivity index (χ3n) is 4.68. The van der Waals surface area contributed by atoms with Crippen molar-refractivity contribution in [2.24, 2.45) is 11.8 Å². The van der Waals surface area contributed by atoms with Gasteiger partial charge in [-0.2, -0.15) is 0 Å². The van der Waals surface area contributed by atoms with E-state index in [4.69, 9.17) is 0 Å². The monoisotopic (exact) mass is 271 g/mol. The molecule has 2 atom stereocenters. The molecule has 0 radical (unpaired) electrons. The maximum Gasteiger partial charge on any atom is 0.226 e. The Morgan fingerprint density at radius 1 is 1.20 bits per heavy atom. The number of aryl methyl sites for hydroxylation is 1. The van der Waals surface area contributed by atoms with E-state index >= 15 is 0 Å². The van der Waals surface area contributed by atoms with E-state index < -0.39 is 0 Å². The zero-order chi connectivity index (χ0) is 14.1. The van der Waals surface area contributed by atoms with Crippen molar-refractivity contribution in [2.75, 3.05) is 13.1 Å². The fourth-order valence-electron chi connectivity index (χ4n) is 3.38. The molecule has 1 heterocycles. The Balaban J connectivity index is 1.69. The summed E-state index contributed by atoms with van der Waals surface area (Å²) in [5.74, 6) is 0.649. The lowest BCUT2D eigenvalue weighted by atomic mass is 9.82. The molecule has 0 saturated carbocycles. The third kappa shape index (κ3) is 2.49. The first-order chi connectivity index (χ1) is 9.65. The highest BCUT2D eigenvalue weighted by Crippen LogP contribution is 2.27. The van der Waals surface area contributed by atoms with Crippen molar-refractivity contribution < 1.29 is 9.59 Å². The number of benzene rings is 1. The maximum absolute atomic E-state index is 12.6. The Morgan fingerprint density at radius 2 is 1.95 bits per heavy atom. The standard InChI is InChI=1S/C17H21NO2/c1-12-11-18(9-8-16(12)19)17(20)15-7-6-13-4-2-3-5-14(13)10-15/h2-5,12,15H,6-11H2,1H3. The van der Waals surface area contributed by atoms with E-state index in [1.165, 1.54) is 11.1 Å². The summed E-state index contributed by atoms with van der Waals surface area (Å²) < 4.78 is 0. The second kappa shape index (κ2) is 5.39. The molecule has 2 aliphatic rings. The van der Waals surface area contributed by atoms with Gasteiger partial charge in [-0.25, -0.2) is 0 Å². The second-order valence-corrected chi connectivity index (χ2v) is 6.11. The first-order valence-corrected chi connectivity index (χ1v) is 7.53. The highest BCUT2D eigenvalue weighted by Gasteiger charge is 2.32. The maximum atomic E-state index is 12.6. The van der Waals surface area contributed by atoms with Gasteiger partial charge in [0.05, 0.1) is 0 Å². The second-order valence-electron chi connectivity index (χ2n) is 6.11. The van der Waals surface area contributed by atoms with E-state index in [0.717, 1.165) is 19.3 Å². The lowest BCUT2D eigenvalue weighted by Gasteiger charge is -2.34. The first-order valence-electron chi connectivity index (χ1n) is 7.53. The Labute approximate surface area is 120 Å². The lowest BCUT2D eigenvalue weighted by Crippen LogP contribution is -2.46. The molecule has 2 unspecified atom stereocenters. The van der Waals surface area contributed by atoms with E-state index in [1.54, 1.807) is 0 Å². The summed E-state index contributed by atoms with van der Waals surface area (Å²) >= 11 is 0. The van der Waals surface area contributed by atoms with Crippen LogP contribution >= 0.6 is 0 Å². The summed E-state index contributed by atoms with van der Waals surface area (Å²) in [6.07, 6.45) is 3.31. The van der Waals surface area contributed by atoms with Crippen molar-refractivity contribution in [3.8, 4) is 0 Å². The molecule has 1 fully saturated rings. The van der Waals surface area contributed by atoms with Crippen molar-refractivity contribution in [3.63, 3.8) is 0 Å². The van der Waals surface area contributed by atoms with Crippen LogP contribution in [0.3, 0.4) is 0 Å². The minimum Gasteiger partial charge on any atom is -0.341 e. The minimum atomic E-state index is 0.00331. The van der Waals surface area contributed by atoms with E-state index in [1.807, 2.05) is 17.9 Å². The molecule has 1 saturated heterocycles. The van der Waals surface area contributed by atoms with Gasteiger partial charge in [0.2, 0.25) is 5.91 Å². The number of hydrogen-bond acceptors (Lipinski definition) is 2. The highest BCUT2D eigenvalue weighted by molar-refractivity contribution is 5.86. The normalized spacial score (nSPS) is 26.2. The van der Waals surface area contributed by atoms with Crippen molar-refractivity contribution in [2.45, 2.75) is 32.6 Å². The van der Waals surface area contributed by atoms with Crippen LogP contribution in [-0.2, 0) is 22.4 Å². The third-order valence-corrected chi connectivity index (χ3v) is 4.68. The number of fused-ring (bicyclic) bond motifs is 1. The number of Topliss-reactive ketones (excluding diaryl/α,β-unsaturated/α-hetero) is 1. The van der Waals surface area contributed by atoms with Crippen molar-refractivity contribution in [1.29, 1.82) is 0 Å². The molecule has 106 valence electrons. The molecule has 3 heteroatoms. The number of nitrogens with zero attached hydrogens (tertiary/aromatic N) is 1. The van der Waals surface area contributed by atoms with E-state index in [-0.39, 0.29) is 17.7 Å². The van der Waals surface area contributed by atoms with Crippen molar-refractivity contribution in [1.82, 2.24) is 4.90 Å². The minimum absolute atomic E-state index is 0.00331. The van der Waals surface area contributed by atoms with E-state index in [0.29, 0.717) is 25.3 Å². The Bertz CT molecular complexity index is 538. The fourth-order valence-corrected chi connectivity index (χ4v) is 3.38. The number of piperidine rings is 1. The van der Waals surface area contributed by atoms with Gasteiger partial charge in [0.1, 0.15) is 5.78 Å². The molecule has 3 nitrogen and oxygen atoms in total. The van der Waals surface area contributed by atoms with Gasteiger partial charge in [0.15, 0.2) is 0 Å². The number of ketones is 1. The largest absolute Gasteiger partial charge is 0.341 e. The molecule has 1 aromatic carbocycles. The summed E-state index contributed by atoms with van der Waals surface area (Å²) in [5, 5.41) is 0. The van der Waals surface area contributed by atoms with Gasteiger partial charge in [-0.05, 0) is 30.4 Å². The molecule has 3 rings (SSSR count). The summed E-state index contributed by atoms with van der Waals surface area (Å²) in [7, 11) is 0. The average molecular weight is 271 g/mol. The number of likely N-dealkylation sites (tertiary alicyclic amines) is 1. The van der Waals surface area contributed by atoms with Crippen LogP contribution in [0.25, 0.3) is 0 Å². The summed E-state index contributed by atoms with van der Waals surface area (Å²) in [6, 6.07) is 8.42. The molecule has 1 aliphatic carbocycles. The molecule has 20 heavy (non-hydrogen) atoms. The molecular weight excluding hydrogens is 250 g/mol. The quantitative estimate of drug-likeness (QED) is 0.785. The number of amides is 1. The Kier molecular flexibility index (Phi) is 3.60. The lowest BCUT2D eigenvalue weighted by molar-refractivity contribution is -0.140. The predicted octanol–water partition coefficient (Wildman–Crippen LogP) is 2.23. The molecule has 0 bridgehead atoms. The van der Waals surface area contributed by atoms with Crippen molar-refractivity contribution in [3.05, 3.63) is 35.4 Å². The van der Waals surface area contributed by atoms with Gasteiger partial charge in [-0.15, -0.1) is 0 Å². The van der Waals surface area contributed by atoms with Crippen LogP contribution in [0.4, 0.5) is 0 Å². The summed E-state index contributed by atoms with van der Waals surface area (Å²) in [4.78, 5) is 26.1. The van der Waals surface area contributed by atoms with E-state index in [2.05, 4.69) is 18.2 Å². The van der Waals surface area contributed by atoms with Gasteiger partial charge < -0.3 is 4.90 Å². The molecule has 1 aromatic rings. The van der Waals surface area contributed by atoms with Crippen molar-refractivity contribution >= 4 is 11.7 Å². The molecule has 0 N–H and O–H groups in total. The number of hydrogen-bond donors (Lipinski definition) is 0. The summed E-state index contributed by atoms with van der Waals surface area (Å²) in [6.45, 7) is 3.15. The zero-order valence-electron chi connectivity index (χ0n) is 12.0. The van der Waals surface area contributed by atoms with Gasteiger partial charge in [-0.3, -0.25) is 9.59 Å². The predicted molar refractivity (Wildman–Crippen MR) is 77.3 cm³/mol. The molecule has 0 aromatic heterocycles. The Hall–Kier alpha value is -1.64. The van der Waals surface area contributed by atoms with Crippen LogP contribution < -0.4 is 0 Å². The van der Waals surface area contributed by atoms with Crippen LogP contribution in [0.1, 0.15) is 30.9 Å². The van der Waals surface area contributed by atoms with Gasteiger partial charge in [0, 0.05) is 31.3 Å². The van der Waals surface area contributed by atoms with E-state index in [9.17, 15) is 9.59 Å².